The maximum absolute atomic E-state index is 12.6. The van der Waals surface area contributed by atoms with Crippen LogP contribution in [0.3, 0.4) is 0 Å². The molecule has 0 unspecified atom stereocenters. The lowest BCUT2D eigenvalue weighted by molar-refractivity contribution is -0.137. The molecule has 4 rings (SSSR count). The van der Waals surface area contributed by atoms with Crippen LogP contribution in [0.5, 0.6) is 0 Å². The van der Waals surface area contributed by atoms with Crippen molar-refractivity contribution in [2.75, 3.05) is 5.32 Å². The highest BCUT2D eigenvalue weighted by molar-refractivity contribution is 5.91. The van der Waals surface area contributed by atoms with Crippen molar-refractivity contribution in [3.8, 4) is 11.4 Å². The number of nitrogens with zero attached hydrogens (tertiary/aromatic N) is 5. The highest BCUT2D eigenvalue weighted by atomic mass is 19.4. The van der Waals surface area contributed by atoms with E-state index in [1.54, 1.807) is 31.3 Å². The van der Waals surface area contributed by atoms with E-state index in [0.29, 0.717) is 33.8 Å². The predicted molar refractivity (Wildman–Crippen MR) is 90.1 cm³/mol. The number of halogens is 3. The van der Waals surface area contributed by atoms with Crippen LogP contribution >= 0.6 is 0 Å². The van der Waals surface area contributed by atoms with E-state index in [2.05, 4.69) is 35.2 Å². The van der Waals surface area contributed by atoms with Gasteiger partial charge in [-0.05, 0) is 42.4 Å². The number of anilines is 2. The second-order valence-electron chi connectivity index (χ2n) is 5.68. The second-order valence-corrected chi connectivity index (χ2v) is 5.68. The summed E-state index contributed by atoms with van der Waals surface area (Å²) in [4.78, 5) is 12.5. The van der Waals surface area contributed by atoms with Crippen LogP contribution in [0.15, 0.2) is 47.4 Å². The molecule has 4 aromatic rings. The van der Waals surface area contributed by atoms with Crippen molar-refractivity contribution in [3.63, 3.8) is 0 Å². The Morgan fingerprint density at radius 1 is 1.00 bits per heavy atom. The zero-order chi connectivity index (χ0) is 19.0. The van der Waals surface area contributed by atoms with Gasteiger partial charge >= 0.3 is 6.18 Å². The molecule has 0 aromatic carbocycles. The molecule has 0 atom stereocenters. The Labute approximate surface area is 150 Å². The minimum atomic E-state index is -4.43. The van der Waals surface area contributed by atoms with Gasteiger partial charge in [0.15, 0.2) is 11.3 Å². The Morgan fingerprint density at radius 2 is 1.85 bits per heavy atom. The SMILES string of the molecule is Cc1nonc1-c1ccc2c(Nc3ccc(C(F)(F)F)cn3)ccnc2n1. The summed E-state index contributed by atoms with van der Waals surface area (Å²) in [7, 11) is 0. The van der Waals surface area contributed by atoms with E-state index in [1.807, 2.05) is 0 Å². The average Bonchev–Trinajstić information content (AvgIpc) is 3.07. The molecule has 27 heavy (non-hydrogen) atoms. The molecule has 0 bridgehead atoms. The monoisotopic (exact) mass is 372 g/mol. The molecule has 0 amide bonds. The maximum atomic E-state index is 12.6. The Balaban J connectivity index is 1.67. The Bertz CT molecular complexity index is 1110. The number of fused-ring (bicyclic) bond motifs is 1. The van der Waals surface area contributed by atoms with Crippen molar-refractivity contribution in [1.29, 1.82) is 0 Å². The van der Waals surface area contributed by atoms with Crippen molar-refractivity contribution in [1.82, 2.24) is 25.3 Å². The van der Waals surface area contributed by atoms with E-state index in [1.165, 1.54) is 6.07 Å². The number of hydrogen-bond acceptors (Lipinski definition) is 7. The summed E-state index contributed by atoms with van der Waals surface area (Å²) in [5, 5.41) is 11.2. The fraction of sp³-hybridized carbons (Fsp3) is 0.118. The van der Waals surface area contributed by atoms with E-state index in [0.717, 1.165) is 12.3 Å². The van der Waals surface area contributed by atoms with Crippen LogP contribution in [-0.4, -0.2) is 25.3 Å². The number of pyridine rings is 3. The van der Waals surface area contributed by atoms with E-state index in [4.69, 9.17) is 0 Å². The molecular weight excluding hydrogens is 361 g/mol. The van der Waals surface area contributed by atoms with Crippen LogP contribution in [0.4, 0.5) is 24.7 Å². The maximum Gasteiger partial charge on any atom is 0.417 e. The summed E-state index contributed by atoms with van der Waals surface area (Å²) >= 11 is 0. The first-order valence-corrected chi connectivity index (χ1v) is 7.77. The zero-order valence-corrected chi connectivity index (χ0v) is 13.8. The third-order valence-corrected chi connectivity index (χ3v) is 3.85. The molecule has 136 valence electrons. The van der Waals surface area contributed by atoms with Crippen molar-refractivity contribution < 1.29 is 17.8 Å². The van der Waals surface area contributed by atoms with E-state index >= 15 is 0 Å². The number of aryl methyl sites for hydroxylation is 1. The lowest BCUT2D eigenvalue weighted by Crippen LogP contribution is -2.06. The molecule has 0 saturated carbocycles. The largest absolute Gasteiger partial charge is 0.417 e. The van der Waals surface area contributed by atoms with Crippen molar-refractivity contribution in [3.05, 3.63) is 54.0 Å². The number of alkyl halides is 3. The van der Waals surface area contributed by atoms with Gasteiger partial charge in [0.25, 0.3) is 0 Å². The van der Waals surface area contributed by atoms with Gasteiger partial charge in [-0.2, -0.15) is 13.2 Å². The normalized spacial score (nSPS) is 11.7. The smallest absolute Gasteiger partial charge is 0.340 e. The van der Waals surface area contributed by atoms with Crippen LogP contribution in [0.25, 0.3) is 22.4 Å². The Morgan fingerprint density at radius 3 is 2.52 bits per heavy atom. The topological polar surface area (TPSA) is 89.6 Å². The minimum Gasteiger partial charge on any atom is -0.340 e. The average molecular weight is 372 g/mol. The van der Waals surface area contributed by atoms with Crippen molar-refractivity contribution in [2.24, 2.45) is 0 Å². The molecule has 0 spiro atoms. The van der Waals surface area contributed by atoms with Crippen LogP contribution in [-0.2, 0) is 6.18 Å². The zero-order valence-electron chi connectivity index (χ0n) is 13.8. The summed E-state index contributed by atoms with van der Waals surface area (Å²) in [5.74, 6) is 0.274. The third kappa shape index (κ3) is 3.28. The van der Waals surface area contributed by atoms with Gasteiger partial charge in [-0.15, -0.1) is 0 Å². The summed E-state index contributed by atoms with van der Waals surface area (Å²) in [6.45, 7) is 1.75. The number of nitrogens with one attached hydrogen (secondary N) is 1. The second kappa shape index (κ2) is 6.31. The molecular formula is C17H11F3N6O. The molecule has 0 aliphatic rings. The third-order valence-electron chi connectivity index (χ3n) is 3.85. The van der Waals surface area contributed by atoms with E-state index in [-0.39, 0.29) is 5.82 Å². The number of rotatable bonds is 3. The minimum absolute atomic E-state index is 0.274. The first kappa shape index (κ1) is 16.9. The number of aromatic nitrogens is 5. The van der Waals surface area contributed by atoms with Crippen LogP contribution in [0.2, 0.25) is 0 Å². The molecule has 0 aliphatic heterocycles. The molecule has 7 nitrogen and oxygen atoms in total. The van der Waals surface area contributed by atoms with Gasteiger partial charge in [0.2, 0.25) is 0 Å². The summed E-state index contributed by atoms with van der Waals surface area (Å²) in [6, 6.07) is 7.44. The molecule has 1 N–H and O–H groups in total. The lowest BCUT2D eigenvalue weighted by Gasteiger charge is -2.10. The highest BCUT2D eigenvalue weighted by Gasteiger charge is 2.30. The van der Waals surface area contributed by atoms with Gasteiger partial charge in [0, 0.05) is 17.8 Å². The van der Waals surface area contributed by atoms with Gasteiger partial charge in [-0.1, -0.05) is 5.16 Å². The lowest BCUT2D eigenvalue weighted by atomic mass is 10.2. The van der Waals surface area contributed by atoms with E-state index < -0.39 is 11.7 Å². The van der Waals surface area contributed by atoms with Crippen LogP contribution < -0.4 is 5.32 Å². The molecule has 0 fully saturated rings. The van der Waals surface area contributed by atoms with Gasteiger partial charge < -0.3 is 5.32 Å². The fourth-order valence-electron chi connectivity index (χ4n) is 2.51. The number of hydrogen-bond donors (Lipinski definition) is 1. The van der Waals surface area contributed by atoms with E-state index in [9.17, 15) is 13.2 Å². The standard InChI is InChI=1S/C17H11F3N6O/c1-9-15(26-27-25-9)13-4-3-11-12(6-7-21-16(11)24-13)23-14-5-2-10(8-22-14)17(18,19)20/h2-8H,1H3,(H,21,22,23,24). The van der Waals surface area contributed by atoms with Gasteiger partial charge in [-0.3, -0.25) is 0 Å². The van der Waals surface area contributed by atoms with Gasteiger partial charge in [0.1, 0.15) is 11.5 Å². The van der Waals surface area contributed by atoms with Crippen molar-refractivity contribution in [2.45, 2.75) is 13.1 Å². The molecule has 0 aliphatic carbocycles. The fourth-order valence-corrected chi connectivity index (χ4v) is 2.51. The Kier molecular flexibility index (Phi) is 3.94. The molecule has 4 aromatic heterocycles. The Hall–Kier alpha value is -3.56. The summed E-state index contributed by atoms with van der Waals surface area (Å²) < 4.78 is 42.6. The molecule has 10 heteroatoms. The summed E-state index contributed by atoms with van der Waals surface area (Å²) in [5.41, 5.74) is 1.91. The van der Waals surface area contributed by atoms with Gasteiger partial charge in [-0.25, -0.2) is 19.6 Å². The van der Waals surface area contributed by atoms with Crippen LogP contribution in [0, 0.1) is 6.92 Å². The first-order chi connectivity index (χ1) is 12.9. The van der Waals surface area contributed by atoms with Crippen LogP contribution in [0.1, 0.15) is 11.3 Å². The van der Waals surface area contributed by atoms with Gasteiger partial charge in [0.05, 0.1) is 16.9 Å². The predicted octanol–water partition coefficient (Wildman–Crippen LogP) is 4.15. The summed E-state index contributed by atoms with van der Waals surface area (Å²) in [6.07, 6.45) is -2.11. The quantitative estimate of drug-likeness (QED) is 0.578. The van der Waals surface area contributed by atoms with Crippen molar-refractivity contribution >= 4 is 22.5 Å². The first-order valence-electron chi connectivity index (χ1n) is 7.77. The molecule has 4 heterocycles. The molecule has 0 radical (unpaired) electrons. The highest BCUT2D eigenvalue weighted by Crippen LogP contribution is 2.30. The molecule has 0 saturated heterocycles.